The standard InChI is InChI=1S/C13H24N4O.ClH/c1-4-7-17(11-5-6-14-8-11)9-12-15-13(10(2)3)16-18-12;/h10-11,14H,4-9H2,1-3H3;1H. The Morgan fingerprint density at radius 3 is 2.79 bits per heavy atom. The van der Waals surface area contributed by atoms with E-state index in [1.54, 1.807) is 0 Å². The molecule has 0 saturated carbocycles. The first kappa shape index (κ1) is 16.4. The molecule has 0 spiro atoms. The molecule has 0 radical (unpaired) electrons. The van der Waals surface area contributed by atoms with E-state index in [4.69, 9.17) is 4.52 Å². The minimum absolute atomic E-state index is 0. The van der Waals surface area contributed by atoms with Gasteiger partial charge in [0.15, 0.2) is 5.82 Å². The summed E-state index contributed by atoms with van der Waals surface area (Å²) in [4.78, 5) is 6.92. The van der Waals surface area contributed by atoms with E-state index in [0.717, 1.165) is 44.3 Å². The molecule has 1 unspecified atom stereocenters. The topological polar surface area (TPSA) is 54.2 Å². The molecule has 1 aromatic rings. The summed E-state index contributed by atoms with van der Waals surface area (Å²) in [6, 6.07) is 0.611. The third kappa shape index (κ3) is 4.44. The van der Waals surface area contributed by atoms with E-state index in [9.17, 15) is 0 Å². The van der Waals surface area contributed by atoms with Gasteiger partial charge in [-0.1, -0.05) is 25.9 Å². The van der Waals surface area contributed by atoms with Crippen LogP contribution in [0.1, 0.15) is 51.2 Å². The molecule has 2 rings (SSSR count). The van der Waals surface area contributed by atoms with E-state index >= 15 is 0 Å². The van der Waals surface area contributed by atoms with Crippen molar-refractivity contribution in [1.29, 1.82) is 0 Å². The van der Waals surface area contributed by atoms with Gasteiger partial charge in [0.1, 0.15) is 0 Å². The molecule has 5 nitrogen and oxygen atoms in total. The summed E-state index contributed by atoms with van der Waals surface area (Å²) in [5, 5.41) is 7.44. The van der Waals surface area contributed by atoms with Gasteiger partial charge in [0.2, 0.25) is 5.89 Å². The molecule has 6 heteroatoms. The molecular formula is C13H25ClN4O. The molecule has 110 valence electrons. The van der Waals surface area contributed by atoms with Gasteiger partial charge in [-0.25, -0.2) is 0 Å². The lowest BCUT2D eigenvalue weighted by molar-refractivity contribution is 0.174. The van der Waals surface area contributed by atoms with Crippen LogP contribution in [0, 0.1) is 0 Å². The van der Waals surface area contributed by atoms with E-state index in [-0.39, 0.29) is 12.4 Å². The first-order valence-corrected chi connectivity index (χ1v) is 6.98. The molecule has 1 N–H and O–H groups in total. The average molecular weight is 289 g/mol. The molecule has 0 bridgehead atoms. The Labute approximate surface area is 121 Å². The zero-order chi connectivity index (χ0) is 13.0. The number of rotatable bonds is 6. The predicted molar refractivity (Wildman–Crippen MR) is 77.6 cm³/mol. The van der Waals surface area contributed by atoms with Crippen LogP contribution in [0.15, 0.2) is 4.52 Å². The molecule has 0 aromatic carbocycles. The normalized spacial score (nSPS) is 19.1. The van der Waals surface area contributed by atoms with Crippen LogP contribution in [0.2, 0.25) is 0 Å². The number of hydrogen-bond donors (Lipinski definition) is 1. The monoisotopic (exact) mass is 288 g/mol. The Kier molecular flexibility index (Phi) is 6.75. The molecule has 1 atom stereocenters. The van der Waals surface area contributed by atoms with Crippen LogP contribution in [-0.2, 0) is 6.54 Å². The van der Waals surface area contributed by atoms with Gasteiger partial charge in [-0.2, -0.15) is 4.98 Å². The molecule has 1 aliphatic rings. The minimum Gasteiger partial charge on any atom is -0.338 e. The SMILES string of the molecule is CCCN(Cc1nc(C(C)C)no1)C1CCNC1.Cl. The molecule has 1 saturated heterocycles. The summed E-state index contributed by atoms with van der Waals surface area (Å²) < 4.78 is 5.34. The zero-order valence-corrected chi connectivity index (χ0v) is 12.9. The van der Waals surface area contributed by atoms with Crippen molar-refractivity contribution in [2.45, 2.75) is 52.1 Å². The Hall–Kier alpha value is -0.650. The number of nitrogens with zero attached hydrogens (tertiary/aromatic N) is 3. The molecule has 1 fully saturated rings. The second kappa shape index (κ2) is 7.82. The summed E-state index contributed by atoms with van der Waals surface area (Å²) in [5.74, 6) is 1.89. The highest BCUT2D eigenvalue weighted by atomic mass is 35.5. The maximum absolute atomic E-state index is 5.34. The first-order valence-electron chi connectivity index (χ1n) is 6.98. The van der Waals surface area contributed by atoms with Crippen molar-refractivity contribution in [1.82, 2.24) is 20.4 Å². The van der Waals surface area contributed by atoms with Crippen LogP contribution in [-0.4, -0.2) is 40.7 Å². The van der Waals surface area contributed by atoms with Crippen LogP contribution >= 0.6 is 12.4 Å². The highest BCUT2D eigenvalue weighted by Crippen LogP contribution is 2.15. The quantitative estimate of drug-likeness (QED) is 0.870. The molecule has 19 heavy (non-hydrogen) atoms. The molecule has 1 aromatic heterocycles. The van der Waals surface area contributed by atoms with Crippen molar-refractivity contribution >= 4 is 12.4 Å². The fourth-order valence-electron chi connectivity index (χ4n) is 2.37. The van der Waals surface area contributed by atoms with Gasteiger partial charge in [0, 0.05) is 18.5 Å². The number of hydrogen-bond acceptors (Lipinski definition) is 5. The van der Waals surface area contributed by atoms with Crippen molar-refractivity contribution in [2.24, 2.45) is 0 Å². The lowest BCUT2D eigenvalue weighted by atomic mass is 10.2. The van der Waals surface area contributed by atoms with Gasteiger partial charge in [0.05, 0.1) is 6.54 Å². The summed E-state index contributed by atoms with van der Waals surface area (Å²) in [5.41, 5.74) is 0. The van der Waals surface area contributed by atoms with Crippen LogP contribution in [0.5, 0.6) is 0 Å². The lowest BCUT2D eigenvalue weighted by Gasteiger charge is -2.26. The summed E-state index contributed by atoms with van der Waals surface area (Å²) in [6.45, 7) is 10.4. The van der Waals surface area contributed by atoms with Crippen LogP contribution in [0.4, 0.5) is 0 Å². The fraction of sp³-hybridized carbons (Fsp3) is 0.846. The highest BCUT2D eigenvalue weighted by molar-refractivity contribution is 5.85. The molecule has 2 heterocycles. The van der Waals surface area contributed by atoms with Gasteiger partial charge >= 0.3 is 0 Å². The molecule has 1 aliphatic heterocycles. The Balaban J connectivity index is 0.00000180. The van der Waals surface area contributed by atoms with Gasteiger partial charge in [-0.05, 0) is 25.9 Å². The van der Waals surface area contributed by atoms with Crippen molar-refractivity contribution < 1.29 is 4.52 Å². The maximum atomic E-state index is 5.34. The zero-order valence-electron chi connectivity index (χ0n) is 12.1. The molecular weight excluding hydrogens is 264 g/mol. The van der Waals surface area contributed by atoms with E-state index in [0.29, 0.717) is 12.0 Å². The van der Waals surface area contributed by atoms with Crippen molar-refractivity contribution in [3.8, 4) is 0 Å². The van der Waals surface area contributed by atoms with Crippen LogP contribution in [0.3, 0.4) is 0 Å². The van der Waals surface area contributed by atoms with Crippen LogP contribution < -0.4 is 5.32 Å². The molecule has 0 aliphatic carbocycles. The summed E-state index contributed by atoms with van der Waals surface area (Å²) in [7, 11) is 0. The lowest BCUT2D eigenvalue weighted by Crippen LogP contribution is -2.37. The second-order valence-corrected chi connectivity index (χ2v) is 5.32. The van der Waals surface area contributed by atoms with E-state index in [2.05, 4.69) is 41.1 Å². The highest BCUT2D eigenvalue weighted by Gasteiger charge is 2.23. The first-order chi connectivity index (χ1) is 8.70. The van der Waals surface area contributed by atoms with Gasteiger partial charge in [0.25, 0.3) is 0 Å². The van der Waals surface area contributed by atoms with E-state index < -0.39 is 0 Å². The Morgan fingerprint density at radius 1 is 1.47 bits per heavy atom. The number of aromatic nitrogens is 2. The van der Waals surface area contributed by atoms with Crippen molar-refractivity contribution in [3.63, 3.8) is 0 Å². The van der Waals surface area contributed by atoms with Crippen LogP contribution in [0.25, 0.3) is 0 Å². The smallest absolute Gasteiger partial charge is 0.240 e. The average Bonchev–Trinajstić information content (AvgIpc) is 2.99. The van der Waals surface area contributed by atoms with Gasteiger partial charge < -0.3 is 9.84 Å². The third-order valence-corrected chi connectivity index (χ3v) is 3.40. The van der Waals surface area contributed by atoms with E-state index in [1.807, 2.05) is 0 Å². The Morgan fingerprint density at radius 2 is 2.26 bits per heavy atom. The largest absolute Gasteiger partial charge is 0.338 e. The third-order valence-electron chi connectivity index (χ3n) is 3.40. The minimum atomic E-state index is 0. The van der Waals surface area contributed by atoms with Crippen molar-refractivity contribution in [2.75, 3.05) is 19.6 Å². The van der Waals surface area contributed by atoms with Gasteiger partial charge in [-0.3, -0.25) is 4.90 Å². The second-order valence-electron chi connectivity index (χ2n) is 5.32. The van der Waals surface area contributed by atoms with Gasteiger partial charge in [-0.15, -0.1) is 12.4 Å². The molecule has 0 amide bonds. The van der Waals surface area contributed by atoms with Crippen molar-refractivity contribution in [3.05, 3.63) is 11.7 Å². The summed E-state index contributed by atoms with van der Waals surface area (Å²) in [6.07, 6.45) is 2.37. The Bertz CT molecular complexity index is 363. The summed E-state index contributed by atoms with van der Waals surface area (Å²) >= 11 is 0. The van der Waals surface area contributed by atoms with E-state index in [1.165, 1.54) is 6.42 Å². The maximum Gasteiger partial charge on any atom is 0.240 e. The number of halogens is 1. The number of nitrogens with one attached hydrogen (secondary N) is 1. The predicted octanol–water partition coefficient (Wildman–Crippen LogP) is 2.19. The fourth-order valence-corrected chi connectivity index (χ4v) is 2.37.